The minimum atomic E-state index is -3.04. The van der Waals surface area contributed by atoms with Gasteiger partial charge in [0.15, 0.2) is 23.9 Å². The molecule has 0 amide bonds. The molecule has 1 N–H and O–H groups in total. The number of hydrogen-bond donors (Lipinski definition) is 1. The second-order valence-electron chi connectivity index (χ2n) is 5.39. The third kappa shape index (κ3) is 6.08. The SMILES string of the molecule is CCOc1cccc(/C=C/C(=O)c2ccc(OCC(=O)O)cc2)c1OC(F)F. The van der Waals surface area contributed by atoms with Gasteiger partial charge >= 0.3 is 12.6 Å². The molecule has 0 bridgehead atoms. The maximum absolute atomic E-state index is 12.7. The second kappa shape index (κ2) is 10.1. The van der Waals surface area contributed by atoms with Gasteiger partial charge in [-0.3, -0.25) is 4.79 Å². The number of benzene rings is 2. The summed E-state index contributed by atoms with van der Waals surface area (Å²) in [4.78, 5) is 22.8. The Labute approximate surface area is 160 Å². The van der Waals surface area contributed by atoms with Crippen LogP contribution in [0.25, 0.3) is 6.08 Å². The van der Waals surface area contributed by atoms with Crippen LogP contribution in [0.1, 0.15) is 22.8 Å². The fourth-order valence-corrected chi connectivity index (χ4v) is 2.27. The highest BCUT2D eigenvalue weighted by molar-refractivity contribution is 6.07. The van der Waals surface area contributed by atoms with Crippen LogP contribution in [0.3, 0.4) is 0 Å². The lowest BCUT2D eigenvalue weighted by Crippen LogP contribution is -2.09. The van der Waals surface area contributed by atoms with Crippen molar-refractivity contribution in [1.82, 2.24) is 0 Å². The fraction of sp³-hybridized carbons (Fsp3) is 0.200. The summed E-state index contributed by atoms with van der Waals surface area (Å²) in [5, 5.41) is 8.57. The van der Waals surface area contributed by atoms with Crippen molar-refractivity contribution < 1.29 is 37.7 Å². The Morgan fingerprint density at radius 3 is 2.43 bits per heavy atom. The van der Waals surface area contributed by atoms with Gasteiger partial charge in [-0.2, -0.15) is 8.78 Å². The first kappa shape index (κ1) is 20.9. The first-order valence-corrected chi connectivity index (χ1v) is 8.28. The molecule has 0 saturated carbocycles. The van der Waals surface area contributed by atoms with Gasteiger partial charge in [0.2, 0.25) is 0 Å². The Hall–Kier alpha value is -3.42. The van der Waals surface area contributed by atoms with Gasteiger partial charge in [-0.25, -0.2) is 4.79 Å². The highest BCUT2D eigenvalue weighted by Crippen LogP contribution is 2.33. The first-order chi connectivity index (χ1) is 13.4. The molecular weight excluding hydrogens is 374 g/mol. The van der Waals surface area contributed by atoms with Crippen LogP contribution in [0.5, 0.6) is 17.2 Å². The number of carboxylic acids is 1. The summed E-state index contributed by atoms with van der Waals surface area (Å²) >= 11 is 0. The van der Waals surface area contributed by atoms with E-state index < -0.39 is 19.2 Å². The molecule has 0 fully saturated rings. The number of para-hydroxylation sites is 1. The maximum Gasteiger partial charge on any atom is 0.387 e. The number of carbonyl (C=O) groups excluding carboxylic acids is 1. The van der Waals surface area contributed by atoms with Crippen LogP contribution in [-0.4, -0.2) is 36.7 Å². The minimum Gasteiger partial charge on any atom is -0.490 e. The Morgan fingerprint density at radius 1 is 1.11 bits per heavy atom. The molecule has 6 nitrogen and oxygen atoms in total. The summed E-state index contributed by atoms with van der Waals surface area (Å²) in [6.45, 7) is -1.55. The van der Waals surface area contributed by atoms with E-state index in [1.54, 1.807) is 13.0 Å². The molecule has 148 valence electrons. The highest BCUT2D eigenvalue weighted by atomic mass is 19.3. The largest absolute Gasteiger partial charge is 0.490 e. The zero-order valence-corrected chi connectivity index (χ0v) is 14.9. The monoisotopic (exact) mass is 392 g/mol. The van der Waals surface area contributed by atoms with Crippen molar-refractivity contribution in [2.24, 2.45) is 0 Å². The van der Waals surface area contributed by atoms with Gasteiger partial charge in [-0.1, -0.05) is 12.1 Å². The summed E-state index contributed by atoms with van der Waals surface area (Å²) in [7, 11) is 0. The van der Waals surface area contributed by atoms with Crippen molar-refractivity contribution in [1.29, 1.82) is 0 Å². The van der Waals surface area contributed by atoms with E-state index in [0.717, 1.165) is 0 Å². The van der Waals surface area contributed by atoms with Gasteiger partial charge < -0.3 is 19.3 Å². The number of aliphatic carboxylic acids is 1. The van der Waals surface area contributed by atoms with Crippen molar-refractivity contribution in [2.45, 2.75) is 13.5 Å². The average molecular weight is 392 g/mol. The number of carboxylic acid groups (broad SMARTS) is 1. The van der Waals surface area contributed by atoms with Gasteiger partial charge in [0.25, 0.3) is 0 Å². The molecule has 28 heavy (non-hydrogen) atoms. The Morgan fingerprint density at radius 2 is 1.82 bits per heavy atom. The molecular formula is C20H18F2O6. The van der Waals surface area contributed by atoms with Crippen LogP contribution in [0, 0.1) is 0 Å². The molecule has 2 aromatic carbocycles. The molecule has 8 heteroatoms. The number of hydrogen-bond acceptors (Lipinski definition) is 5. The molecule has 0 unspecified atom stereocenters. The lowest BCUT2D eigenvalue weighted by Gasteiger charge is -2.13. The zero-order valence-electron chi connectivity index (χ0n) is 14.9. The third-order valence-corrected chi connectivity index (χ3v) is 3.43. The minimum absolute atomic E-state index is 0.150. The van der Waals surface area contributed by atoms with E-state index in [4.69, 9.17) is 14.6 Å². The number of ketones is 1. The standard InChI is InChI=1S/C20H18F2O6/c1-2-26-17-5-3-4-14(19(17)28-20(21)22)8-11-16(23)13-6-9-15(10-7-13)27-12-18(24)25/h3-11,20H,2,12H2,1H3,(H,24,25)/b11-8+. The summed E-state index contributed by atoms with van der Waals surface area (Å²) in [5.74, 6) is -1.19. The van der Waals surface area contributed by atoms with E-state index in [2.05, 4.69) is 4.74 Å². The first-order valence-electron chi connectivity index (χ1n) is 8.28. The molecule has 2 aromatic rings. The normalized spacial score (nSPS) is 10.9. The van der Waals surface area contributed by atoms with Gasteiger partial charge in [-0.05, 0) is 49.4 Å². The topological polar surface area (TPSA) is 82.1 Å². The van der Waals surface area contributed by atoms with E-state index >= 15 is 0 Å². The van der Waals surface area contributed by atoms with Gasteiger partial charge in [0.05, 0.1) is 6.61 Å². The van der Waals surface area contributed by atoms with E-state index in [1.165, 1.54) is 48.6 Å². The predicted octanol–water partition coefficient (Wildman–Crippen LogP) is 4.05. The van der Waals surface area contributed by atoms with Crippen molar-refractivity contribution in [2.75, 3.05) is 13.2 Å². The van der Waals surface area contributed by atoms with Crippen LogP contribution in [0.15, 0.2) is 48.5 Å². The number of halogens is 2. The third-order valence-electron chi connectivity index (χ3n) is 3.43. The number of allylic oxidation sites excluding steroid dienone is 1. The van der Waals surface area contributed by atoms with E-state index in [0.29, 0.717) is 11.3 Å². The summed E-state index contributed by atoms with van der Waals surface area (Å²) < 4.78 is 40.3. The average Bonchev–Trinajstić information content (AvgIpc) is 2.66. The number of carbonyl (C=O) groups is 2. The van der Waals surface area contributed by atoms with E-state index in [-0.39, 0.29) is 29.5 Å². The van der Waals surface area contributed by atoms with Crippen molar-refractivity contribution in [3.05, 3.63) is 59.7 Å². The molecule has 0 aliphatic carbocycles. The second-order valence-corrected chi connectivity index (χ2v) is 5.39. The molecule has 2 rings (SSSR count). The van der Waals surface area contributed by atoms with Crippen molar-refractivity contribution in [3.63, 3.8) is 0 Å². The summed E-state index contributed by atoms with van der Waals surface area (Å²) in [5.41, 5.74) is 0.581. The van der Waals surface area contributed by atoms with Crippen LogP contribution in [-0.2, 0) is 4.79 Å². The summed E-state index contributed by atoms with van der Waals surface area (Å²) in [6, 6.07) is 10.5. The van der Waals surface area contributed by atoms with Crippen molar-refractivity contribution in [3.8, 4) is 17.2 Å². The van der Waals surface area contributed by atoms with Crippen LogP contribution >= 0.6 is 0 Å². The Balaban J connectivity index is 2.17. The quantitative estimate of drug-likeness (QED) is 0.485. The molecule has 0 aromatic heterocycles. The van der Waals surface area contributed by atoms with Gasteiger partial charge in [-0.15, -0.1) is 0 Å². The van der Waals surface area contributed by atoms with E-state index in [9.17, 15) is 18.4 Å². The molecule has 0 spiro atoms. The lowest BCUT2D eigenvalue weighted by molar-refractivity contribution is -0.139. The van der Waals surface area contributed by atoms with Gasteiger partial charge in [0.1, 0.15) is 5.75 Å². The molecule has 0 saturated heterocycles. The number of alkyl halides is 2. The number of rotatable bonds is 10. The molecule has 0 radical (unpaired) electrons. The van der Waals surface area contributed by atoms with E-state index in [1.807, 2.05) is 0 Å². The fourth-order valence-electron chi connectivity index (χ4n) is 2.27. The van der Waals surface area contributed by atoms with Gasteiger partial charge in [0, 0.05) is 11.1 Å². The Kier molecular flexibility index (Phi) is 7.50. The van der Waals surface area contributed by atoms with Crippen molar-refractivity contribution >= 4 is 17.8 Å². The van der Waals surface area contributed by atoms with Crippen LogP contribution in [0.2, 0.25) is 0 Å². The smallest absolute Gasteiger partial charge is 0.387 e. The van der Waals surface area contributed by atoms with Crippen LogP contribution < -0.4 is 14.2 Å². The number of ether oxygens (including phenoxy) is 3. The summed E-state index contributed by atoms with van der Waals surface area (Å²) in [6.07, 6.45) is 2.58. The molecule has 0 atom stereocenters. The predicted molar refractivity (Wildman–Crippen MR) is 97.2 cm³/mol. The highest BCUT2D eigenvalue weighted by Gasteiger charge is 2.14. The maximum atomic E-state index is 12.7. The molecule has 0 heterocycles. The molecule has 0 aliphatic heterocycles. The lowest BCUT2D eigenvalue weighted by atomic mass is 10.1. The Bertz CT molecular complexity index is 846. The zero-order chi connectivity index (χ0) is 20.5. The molecule has 0 aliphatic rings. The van der Waals surface area contributed by atoms with Crippen LogP contribution in [0.4, 0.5) is 8.78 Å².